The molecule has 3 aromatic carbocycles. The van der Waals surface area contributed by atoms with Gasteiger partial charge in [0, 0.05) is 31.0 Å². The Hall–Kier alpha value is -3.98. The molecule has 0 spiro atoms. The fourth-order valence-corrected chi connectivity index (χ4v) is 4.34. The zero-order chi connectivity index (χ0) is 27.1. The number of carbonyl (C=O) groups excluding carboxylic acids is 2. The van der Waals surface area contributed by atoms with Crippen molar-refractivity contribution in [2.45, 2.75) is 12.2 Å². The van der Waals surface area contributed by atoms with Gasteiger partial charge in [-0.25, -0.2) is 0 Å². The molecule has 1 fully saturated rings. The Morgan fingerprint density at radius 3 is 2.16 bits per heavy atom. The van der Waals surface area contributed by atoms with Gasteiger partial charge in [-0.15, -0.1) is 0 Å². The van der Waals surface area contributed by atoms with Gasteiger partial charge in [0.2, 0.25) is 0 Å². The Kier molecular flexibility index (Phi) is 6.92. The number of carbonyl (C=O) groups is 2. The number of benzene rings is 3. The second-order valence-electron chi connectivity index (χ2n) is 8.55. The molecule has 4 rings (SSSR count). The van der Waals surface area contributed by atoms with Crippen molar-refractivity contribution in [3.8, 4) is 5.75 Å². The molecule has 0 bridgehead atoms. The fourth-order valence-electron chi connectivity index (χ4n) is 4.14. The normalized spacial score (nSPS) is 17.3. The summed E-state index contributed by atoms with van der Waals surface area (Å²) in [4.78, 5) is 29.5. The van der Waals surface area contributed by atoms with Gasteiger partial charge in [-0.1, -0.05) is 23.7 Å². The Morgan fingerprint density at radius 1 is 1.00 bits per heavy atom. The summed E-state index contributed by atoms with van der Waals surface area (Å²) in [7, 11) is 5.10. The summed E-state index contributed by atoms with van der Waals surface area (Å²) in [6, 6.07) is 14.1. The van der Waals surface area contributed by atoms with E-state index in [2.05, 4.69) is 0 Å². The van der Waals surface area contributed by atoms with E-state index in [-0.39, 0.29) is 21.8 Å². The van der Waals surface area contributed by atoms with Crippen LogP contribution >= 0.6 is 11.6 Å². The van der Waals surface area contributed by atoms with Crippen molar-refractivity contribution in [3.63, 3.8) is 0 Å². The second-order valence-corrected chi connectivity index (χ2v) is 8.95. The Morgan fingerprint density at radius 2 is 1.62 bits per heavy atom. The average Bonchev–Trinajstić information content (AvgIpc) is 3.13. The van der Waals surface area contributed by atoms with Gasteiger partial charge in [-0.05, 0) is 60.2 Å². The number of Topliss-reactive ketones (excluding diaryl/α,β-unsaturated/α-hetero) is 1. The molecule has 0 saturated carbocycles. The Labute approximate surface area is 216 Å². The smallest absolute Gasteiger partial charge is 0.416 e. The molecule has 1 amide bonds. The molecule has 1 atom stereocenters. The van der Waals surface area contributed by atoms with Crippen LogP contribution in [0.2, 0.25) is 5.02 Å². The lowest BCUT2D eigenvalue weighted by Gasteiger charge is -2.26. The molecule has 1 heterocycles. The molecule has 1 N–H and O–H groups in total. The predicted octanol–water partition coefficient (Wildman–Crippen LogP) is 6.06. The molecular weight excluding hydrogens is 509 g/mol. The molecule has 37 heavy (non-hydrogen) atoms. The quantitative estimate of drug-likeness (QED) is 0.247. The summed E-state index contributed by atoms with van der Waals surface area (Å²) < 4.78 is 44.6. The fraction of sp³-hybridized carbons (Fsp3) is 0.185. The van der Waals surface area contributed by atoms with E-state index >= 15 is 0 Å². The van der Waals surface area contributed by atoms with E-state index in [1.807, 2.05) is 19.0 Å². The highest BCUT2D eigenvalue weighted by molar-refractivity contribution is 6.52. The van der Waals surface area contributed by atoms with E-state index in [9.17, 15) is 27.9 Å². The number of halogens is 4. The molecule has 1 aliphatic rings. The lowest BCUT2D eigenvalue weighted by Crippen LogP contribution is -2.29. The monoisotopic (exact) mass is 530 g/mol. The van der Waals surface area contributed by atoms with Gasteiger partial charge in [0.05, 0.1) is 29.3 Å². The van der Waals surface area contributed by atoms with Crippen LogP contribution in [0.3, 0.4) is 0 Å². The first kappa shape index (κ1) is 26.1. The van der Waals surface area contributed by atoms with Crippen LogP contribution in [0.15, 0.2) is 72.3 Å². The molecular formula is C27H22ClF3N2O4. The third-order valence-electron chi connectivity index (χ3n) is 6.07. The van der Waals surface area contributed by atoms with Crippen LogP contribution in [0, 0.1) is 0 Å². The number of aliphatic hydroxyl groups excluding tert-OH is 1. The van der Waals surface area contributed by atoms with Gasteiger partial charge in [-0.3, -0.25) is 14.5 Å². The van der Waals surface area contributed by atoms with Crippen LogP contribution in [0.1, 0.15) is 22.7 Å². The average molecular weight is 531 g/mol. The number of hydrogen-bond donors (Lipinski definition) is 1. The lowest BCUT2D eigenvalue weighted by atomic mass is 9.94. The van der Waals surface area contributed by atoms with Crippen LogP contribution < -0.4 is 14.5 Å². The molecule has 10 heteroatoms. The zero-order valence-electron chi connectivity index (χ0n) is 20.0. The summed E-state index contributed by atoms with van der Waals surface area (Å²) in [5, 5.41) is 11.4. The van der Waals surface area contributed by atoms with Gasteiger partial charge < -0.3 is 14.7 Å². The number of nitrogens with zero attached hydrogens (tertiary/aromatic N) is 2. The number of hydrogen-bond acceptors (Lipinski definition) is 5. The minimum absolute atomic E-state index is 0.0626. The third kappa shape index (κ3) is 4.86. The highest BCUT2D eigenvalue weighted by Gasteiger charge is 2.47. The highest BCUT2D eigenvalue weighted by atomic mass is 35.5. The van der Waals surface area contributed by atoms with Gasteiger partial charge in [-0.2, -0.15) is 13.2 Å². The molecule has 1 aliphatic heterocycles. The van der Waals surface area contributed by atoms with E-state index in [1.165, 1.54) is 19.2 Å². The van der Waals surface area contributed by atoms with Gasteiger partial charge in [0.15, 0.2) is 0 Å². The number of rotatable bonds is 5. The Balaban J connectivity index is 1.93. The first-order chi connectivity index (χ1) is 17.4. The Bertz CT molecular complexity index is 1380. The minimum Gasteiger partial charge on any atom is -0.507 e. The van der Waals surface area contributed by atoms with Crippen LogP contribution in [0.4, 0.5) is 24.5 Å². The van der Waals surface area contributed by atoms with Crippen LogP contribution in [-0.4, -0.2) is 38.0 Å². The summed E-state index contributed by atoms with van der Waals surface area (Å²) in [6.07, 6.45) is -4.57. The minimum atomic E-state index is -4.57. The van der Waals surface area contributed by atoms with E-state index in [4.69, 9.17) is 16.3 Å². The summed E-state index contributed by atoms with van der Waals surface area (Å²) >= 11 is 6.30. The van der Waals surface area contributed by atoms with Crippen LogP contribution in [-0.2, 0) is 15.8 Å². The van der Waals surface area contributed by atoms with Crippen molar-refractivity contribution < 1.29 is 32.6 Å². The standard InChI is InChI=1S/C27H22ClF3N2O4/c1-32(2)17-8-4-15(5-9-17)23-22(24(34)20-14-19(37-3)12-13-21(20)28)25(35)26(36)33(23)18-10-6-16(7-11-18)27(29,30)31/h4-14,23,34H,1-3H3/b24-22+. The predicted molar refractivity (Wildman–Crippen MR) is 135 cm³/mol. The van der Waals surface area contributed by atoms with Crippen molar-refractivity contribution >= 4 is 40.4 Å². The molecule has 1 saturated heterocycles. The van der Waals surface area contributed by atoms with Crippen LogP contribution in [0.25, 0.3) is 5.76 Å². The van der Waals surface area contributed by atoms with Crippen molar-refractivity contribution in [2.75, 3.05) is 31.0 Å². The number of anilines is 2. The molecule has 0 radical (unpaired) electrons. The van der Waals surface area contributed by atoms with Crippen molar-refractivity contribution in [2.24, 2.45) is 0 Å². The molecule has 0 aromatic heterocycles. The maximum atomic E-state index is 13.3. The van der Waals surface area contributed by atoms with Gasteiger partial charge in [0.1, 0.15) is 11.5 Å². The molecule has 1 unspecified atom stereocenters. The zero-order valence-corrected chi connectivity index (χ0v) is 20.8. The topological polar surface area (TPSA) is 70.1 Å². The SMILES string of the molecule is COc1ccc(Cl)c(/C(O)=C2\C(=O)C(=O)N(c3ccc(C(F)(F)F)cc3)C2c2ccc(N(C)C)cc2)c1. The summed E-state index contributed by atoms with van der Waals surface area (Å²) in [5.74, 6) is -2.17. The first-order valence-electron chi connectivity index (χ1n) is 11.0. The number of ketones is 1. The largest absolute Gasteiger partial charge is 0.507 e. The van der Waals surface area contributed by atoms with E-state index in [1.54, 1.807) is 30.3 Å². The summed E-state index contributed by atoms with van der Waals surface area (Å²) in [5.41, 5.74) is 0.283. The second kappa shape index (κ2) is 9.82. The molecule has 3 aromatic rings. The molecule has 0 aliphatic carbocycles. The van der Waals surface area contributed by atoms with E-state index in [0.29, 0.717) is 11.3 Å². The number of aliphatic hydroxyl groups is 1. The number of alkyl halides is 3. The van der Waals surface area contributed by atoms with Crippen LogP contribution in [0.5, 0.6) is 5.75 Å². The maximum absolute atomic E-state index is 13.3. The number of ether oxygens (including phenoxy) is 1. The van der Waals surface area contributed by atoms with Gasteiger partial charge >= 0.3 is 6.18 Å². The molecule has 6 nitrogen and oxygen atoms in total. The van der Waals surface area contributed by atoms with Crippen molar-refractivity contribution in [3.05, 3.63) is 94.0 Å². The maximum Gasteiger partial charge on any atom is 0.416 e. The van der Waals surface area contributed by atoms with E-state index < -0.39 is 35.2 Å². The van der Waals surface area contributed by atoms with Gasteiger partial charge in [0.25, 0.3) is 11.7 Å². The number of amides is 1. The van der Waals surface area contributed by atoms with Crippen molar-refractivity contribution in [1.29, 1.82) is 0 Å². The summed E-state index contributed by atoms with van der Waals surface area (Å²) in [6.45, 7) is 0. The first-order valence-corrected chi connectivity index (χ1v) is 11.4. The van der Waals surface area contributed by atoms with Crippen molar-refractivity contribution in [1.82, 2.24) is 0 Å². The van der Waals surface area contributed by atoms with E-state index in [0.717, 1.165) is 34.9 Å². The third-order valence-corrected chi connectivity index (χ3v) is 6.40. The molecule has 192 valence electrons. The highest BCUT2D eigenvalue weighted by Crippen LogP contribution is 2.44. The lowest BCUT2D eigenvalue weighted by molar-refractivity contribution is -0.137. The number of methoxy groups -OCH3 is 1.